The first-order chi connectivity index (χ1) is 11.5. The number of aliphatic imine (C=N–C) groups is 1. The van der Waals surface area contributed by atoms with Crippen LogP contribution in [0.3, 0.4) is 0 Å². The number of hydrogen-bond donors (Lipinski definition) is 3. The summed E-state index contributed by atoms with van der Waals surface area (Å²) in [5.41, 5.74) is 1.13. The Kier molecular flexibility index (Phi) is 9.42. The van der Waals surface area contributed by atoms with Crippen LogP contribution in [0.2, 0.25) is 0 Å². The molecule has 0 saturated heterocycles. The fourth-order valence-electron chi connectivity index (χ4n) is 2.87. The molecule has 1 rings (SSSR count). The summed E-state index contributed by atoms with van der Waals surface area (Å²) in [5, 5.41) is 16.3. The van der Waals surface area contributed by atoms with Gasteiger partial charge in [0.25, 0.3) is 0 Å². The van der Waals surface area contributed by atoms with Gasteiger partial charge in [0.15, 0.2) is 5.96 Å². The van der Waals surface area contributed by atoms with Gasteiger partial charge in [-0.05, 0) is 33.3 Å². The second-order valence-electron chi connectivity index (χ2n) is 6.60. The van der Waals surface area contributed by atoms with E-state index < -0.39 is 0 Å². The second-order valence-corrected chi connectivity index (χ2v) is 6.60. The molecular formula is C19H34N4O. The first kappa shape index (κ1) is 20.5. The van der Waals surface area contributed by atoms with Crippen molar-refractivity contribution < 1.29 is 5.11 Å². The summed E-state index contributed by atoms with van der Waals surface area (Å²) in [5.74, 6) is 0.837. The molecule has 5 nitrogen and oxygen atoms in total. The van der Waals surface area contributed by atoms with Crippen LogP contribution >= 0.6 is 0 Å². The van der Waals surface area contributed by atoms with Crippen LogP contribution in [-0.4, -0.2) is 61.3 Å². The lowest BCUT2D eigenvalue weighted by Gasteiger charge is -2.30. The van der Waals surface area contributed by atoms with Crippen molar-refractivity contribution in [3.8, 4) is 0 Å². The van der Waals surface area contributed by atoms with Gasteiger partial charge in [-0.25, -0.2) is 0 Å². The largest absolute Gasteiger partial charge is 0.396 e. The van der Waals surface area contributed by atoms with Gasteiger partial charge >= 0.3 is 0 Å². The van der Waals surface area contributed by atoms with Crippen LogP contribution in [-0.2, 0) is 0 Å². The van der Waals surface area contributed by atoms with Crippen LogP contribution in [0.15, 0.2) is 35.3 Å². The first-order valence-electron chi connectivity index (χ1n) is 8.85. The fourth-order valence-corrected chi connectivity index (χ4v) is 2.87. The van der Waals surface area contributed by atoms with Gasteiger partial charge in [0.05, 0.1) is 6.61 Å². The predicted octanol–water partition coefficient (Wildman–Crippen LogP) is 2.05. The minimum atomic E-state index is 0.0626. The molecule has 0 bridgehead atoms. The van der Waals surface area contributed by atoms with Gasteiger partial charge < -0.3 is 15.7 Å². The molecule has 3 N–H and O–H groups in total. The lowest BCUT2D eigenvalue weighted by Crippen LogP contribution is -2.46. The molecule has 24 heavy (non-hydrogen) atoms. The predicted molar refractivity (Wildman–Crippen MR) is 103 cm³/mol. The van der Waals surface area contributed by atoms with Crippen molar-refractivity contribution in [3.63, 3.8) is 0 Å². The summed E-state index contributed by atoms with van der Waals surface area (Å²) < 4.78 is 0. The Balaban J connectivity index is 2.45. The minimum Gasteiger partial charge on any atom is -0.396 e. The average molecular weight is 335 g/mol. The molecule has 1 aromatic carbocycles. The number of nitrogens with zero attached hydrogens (tertiary/aromatic N) is 2. The summed E-state index contributed by atoms with van der Waals surface area (Å²) in [4.78, 5) is 6.71. The third kappa shape index (κ3) is 6.89. The Bertz CT molecular complexity index is 466. The van der Waals surface area contributed by atoms with Crippen LogP contribution in [0, 0.1) is 0 Å². The molecule has 0 heterocycles. The Morgan fingerprint density at radius 2 is 1.71 bits per heavy atom. The van der Waals surface area contributed by atoms with Crippen molar-refractivity contribution in [3.05, 3.63) is 35.9 Å². The van der Waals surface area contributed by atoms with Crippen LogP contribution in [0.4, 0.5) is 0 Å². The van der Waals surface area contributed by atoms with Crippen molar-refractivity contribution in [2.45, 2.75) is 45.7 Å². The van der Waals surface area contributed by atoms with E-state index in [1.807, 2.05) is 30.3 Å². The Hall–Kier alpha value is -1.59. The molecule has 0 amide bonds. The van der Waals surface area contributed by atoms with E-state index in [1.165, 1.54) is 0 Å². The summed E-state index contributed by atoms with van der Waals surface area (Å²) >= 11 is 0. The van der Waals surface area contributed by atoms with Gasteiger partial charge in [-0.15, -0.1) is 0 Å². The third-order valence-electron chi connectivity index (χ3n) is 4.22. The maximum Gasteiger partial charge on any atom is 0.191 e. The van der Waals surface area contributed by atoms with Gasteiger partial charge in [-0.3, -0.25) is 9.89 Å². The number of nitrogens with one attached hydrogen (secondary N) is 2. The van der Waals surface area contributed by atoms with Crippen LogP contribution in [0.25, 0.3) is 0 Å². The summed E-state index contributed by atoms with van der Waals surface area (Å²) in [6.07, 6.45) is 0. The van der Waals surface area contributed by atoms with Gasteiger partial charge in [0, 0.05) is 44.7 Å². The lowest BCUT2D eigenvalue weighted by atomic mass is 10.0. The molecule has 136 valence electrons. The van der Waals surface area contributed by atoms with Crippen molar-refractivity contribution in [1.82, 2.24) is 15.5 Å². The minimum absolute atomic E-state index is 0.0626. The molecule has 0 fully saturated rings. The molecular weight excluding hydrogens is 300 g/mol. The monoisotopic (exact) mass is 334 g/mol. The highest BCUT2D eigenvalue weighted by molar-refractivity contribution is 5.79. The van der Waals surface area contributed by atoms with E-state index >= 15 is 0 Å². The lowest BCUT2D eigenvalue weighted by molar-refractivity contribution is 0.178. The molecule has 1 unspecified atom stereocenters. The highest BCUT2D eigenvalue weighted by Gasteiger charge is 2.13. The molecule has 5 heteroatoms. The normalized spacial score (nSPS) is 13.6. The zero-order chi connectivity index (χ0) is 17.9. The highest BCUT2D eigenvalue weighted by atomic mass is 16.3. The van der Waals surface area contributed by atoms with Gasteiger partial charge in [0.2, 0.25) is 0 Å². The highest BCUT2D eigenvalue weighted by Crippen LogP contribution is 2.13. The SMILES string of the molecule is CN=C(NCCN(C(C)C)C(C)C)NCC(CO)c1ccccc1. The molecule has 0 aliphatic heterocycles. The van der Waals surface area contributed by atoms with E-state index in [2.05, 4.69) is 48.2 Å². The zero-order valence-electron chi connectivity index (χ0n) is 15.8. The van der Waals surface area contributed by atoms with Gasteiger partial charge in [-0.2, -0.15) is 0 Å². The molecule has 1 atom stereocenters. The van der Waals surface area contributed by atoms with Gasteiger partial charge in [0.1, 0.15) is 0 Å². The van der Waals surface area contributed by atoms with Crippen molar-refractivity contribution >= 4 is 5.96 Å². The Morgan fingerprint density at radius 3 is 2.21 bits per heavy atom. The topological polar surface area (TPSA) is 59.9 Å². The molecule has 0 aliphatic carbocycles. The standard InChI is InChI=1S/C19H34N4O/c1-15(2)23(16(3)4)12-11-21-19(20-5)22-13-18(14-24)17-9-7-6-8-10-17/h6-10,15-16,18,24H,11-14H2,1-5H3,(H2,20,21,22). The maximum absolute atomic E-state index is 9.63. The molecule has 0 radical (unpaired) electrons. The van der Waals surface area contributed by atoms with E-state index in [0.29, 0.717) is 18.6 Å². The first-order valence-corrected chi connectivity index (χ1v) is 8.85. The van der Waals surface area contributed by atoms with E-state index in [1.54, 1.807) is 7.05 Å². The fraction of sp³-hybridized carbons (Fsp3) is 0.632. The molecule has 1 aromatic rings. The smallest absolute Gasteiger partial charge is 0.191 e. The summed E-state index contributed by atoms with van der Waals surface area (Å²) in [6.45, 7) is 11.5. The molecule has 0 aliphatic rings. The number of hydrogen-bond acceptors (Lipinski definition) is 3. The van der Waals surface area contributed by atoms with Crippen LogP contribution in [0.1, 0.15) is 39.2 Å². The summed E-state index contributed by atoms with van der Waals surface area (Å²) in [6, 6.07) is 11.1. The van der Waals surface area contributed by atoms with Crippen molar-refractivity contribution in [1.29, 1.82) is 0 Å². The number of benzene rings is 1. The Morgan fingerprint density at radius 1 is 1.08 bits per heavy atom. The number of guanidine groups is 1. The number of aliphatic hydroxyl groups excluding tert-OH is 1. The molecule has 0 aromatic heterocycles. The van der Waals surface area contributed by atoms with E-state index in [-0.39, 0.29) is 12.5 Å². The van der Waals surface area contributed by atoms with E-state index in [4.69, 9.17) is 0 Å². The third-order valence-corrected chi connectivity index (χ3v) is 4.22. The molecule has 0 saturated carbocycles. The number of rotatable bonds is 9. The second kappa shape index (κ2) is 11.0. The van der Waals surface area contributed by atoms with Gasteiger partial charge in [-0.1, -0.05) is 30.3 Å². The Labute approximate surface area is 147 Å². The summed E-state index contributed by atoms with van der Waals surface area (Å²) in [7, 11) is 1.77. The quantitative estimate of drug-likeness (QED) is 0.478. The number of aliphatic hydroxyl groups is 1. The van der Waals surface area contributed by atoms with Crippen molar-refractivity contribution in [2.75, 3.05) is 33.3 Å². The van der Waals surface area contributed by atoms with Crippen molar-refractivity contribution in [2.24, 2.45) is 4.99 Å². The zero-order valence-corrected chi connectivity index (χ0v) is 15.8. The maximum atomic E-state index is 9.63. The average Bonchev–Trinajstić information content (AvgIpc) is 2.57. The van der Waals surface area contributed by atoms with Crippen LogP contribution < -0.4 is 10.6 Å². The van der Waals surface area contributed by atoms with Crippen LogP contribution in [0.5, 0.6) is 0 Å². The van der Waals surface area contributed by atoms with E-state index in [9.17, 15) is 5.11 Å². The van der Waals surface area contributed by atoms with E-state index in [0.717, 1.165) is 24.6 Å². The molecule has 0 spiro atoms.